The maximum absolute atomic E-state index is 11.9. The molecule has 2 rings (SSSR count). The molecule has 0 radical (unpaired) electrons. The Bertz CT molecular complexity index is 558. The summed E-state index contributed by atoms with van der Waals surface area (Å²) in [4.78, 5) is 15.9. The van der Waals surface area contributed by atoms with Crippen LogP contribution >= 0.6 is 0 Å². The van der Waals surface area contributed by atoms with Crippen molar-refractivity contribution in [3.8, 4) is 0 Å². The summed E-state index contributed by atoms with van der Waals surface area (Å²) >= 11 is 0. The van der Waals surface area contributed by atoms with Gasteiger partial charge in [0.15, 0.2) is 12.4 Å². The summed E-state index contributed by atoms with van der Waals surface area (Å²) in [5.41, 5.74) is 6.64. The van der Waals surface area contributed by atoms with Crippen LogP contribution in [0.2, 0.25) is 0 Å². The maximum atomic E-state index is 11.9. The summed E-state index contributed by atoms with van der Waals surface area (Å²) < 4.78 is 8.47. The van der Waals surface area contributed by atoms with E-state index in [1.54, 1.807) is 28.6 Å². The standard InChI is InChI=1S/C11H15N5O2/c1-3-16-5-8(12)4-9(16)11(17)18-6-10-13-7-14-15(10)2/h4-5,7H,3,6,12H2,1-2H3. The van der Waals surface area contributed by atoms with Gasteiger partial charge < -0.3 is 15.0 Å². The van der Waals surface area contributed by atoms with Crippen molar-refractivity contribution in [1.29, 1.82) is 0 Å². The van der Waals surface area contributed by atoms with E-state index >= 15 is 0 Å². The van der Waals surface area contributed by atoms with Gasteiger partial charge in [-0.2, -0.15) is 5.10 Å². The highest BCUT2D eigenvalue weighted by molar-refractivity contribution is 5.89. The fourth-order valence-electron chi connectivity index (χ4n) is 1.62. The van der Waals surface area contributed by atoms with Crippen LogP contribution in [0.3, 0.4) is 0 Å². The van der Waals surface area contributed by atoms with Crippen molar-refractivity contribution in [3.63, 3.8) is 0 Å². The number of hydrogen-bond acceptors (Lipinski definition) is 5. The van der Waals surface area contributed by atoms with Gasteiger partial charge in [-0.25, -0.2) is 9.78 Å². The second-order valence-corrected chi connectivity index (χ2v) is 3.82. The van der Waals surface area contributed by atoms with E-state index in [1.165, 1.54) is 6.33 Å². The van der Waals surface area contributed by atoms with E-state index in [0.29, 0.717) is 23.8 Å². The number of carbonyl (C=O) groups excluding carboxylic acids is 1. The molecule has 0 saturated carbocycles. The summed E-state index contributed by atoms with van der Waals surface area (Å²) in [6, 6.07) is 1.60. The minimum Gasteiger partial charge on any atom is -0.453 e. The molecule has 0 unspecified atom stereocenters. The van der Waals surface area contributed by atoms with Gasteiger partial charge in [0, 0.05) is 19.8 Å². The first-order chi connectivity index (χ1) is 8.61. The number of nitrogens with zero attached hydrogens (tertiary/aromatic N) is 4. The Morgan fingerprint density at radius 1 is 1.56 bits per heavy atom. The van der Waals surface area contributed by atoms with E-state index in [9.17, 15) is 4.79 Å². The number of nitrogen functional groups attached to an aromatic ring is 1. The average molecular weight is 249 g/mol. The molecule has 0 bridgehead atoms. The fourth-order valence-corrected chi connectivity index (χ4v) is 1.62. The average Bonchev–Trinajstić information content (AvgIpc) is 2.92. The molecule has 0 saturated heterocycles. The number of carbonyl (C=O) groups is 1. The van der Waals surface area contributed by atoms with Gasteiger partial charge in [-0.1, -0.05) is 0 Å². The summed E-state index contributed by atoms with van der Waals surface area (Å²) in [6.45, 7) is 2.68. The Hall–Kier alpha value is -2.31. The van der Waals surface area contributed by atoms with Crippen molar-refractivity contribution < 1.29 is 9.53 Å². The summed E-state index contributed by atoms with van der Waals surface area (Å²) in [5.74, 6) is 0.169. The third-order valence-corrected chi connectivity index (χ3v) is 2.61. The van der Waals surface area contributed by atoms with Gasteiger partial charge in [-0.15, -0.1) is 0 Å². The summed E-state index contributed by atoms with van der Waals surface area (Å²) in [6.07, 6.45) is 3.12. The number of ether oxygens (including phenoxy) is 1. The number of anilines is 1. The molecule has 0 fully saturated rings. The Morgan fingerprint density at radius 2 is 2.33 bits per heavy atom. The zero-order valence-corrected chi connectivity index (χ0v) is 10.3. The molecule has 0 spiro atoms. The van der Waals surface area contributed by atoms with Gasteiger partial charge in [-0.3, -0.25) is 4.68 Å². The number of esters is 1. The quantitative estimate of drug-likeness (QED) is 0.800. The number of rotatable bonds is 4. The van der Waals surface area contributed by atoms with Gasteiger partial charge in [-0.05, 0) is 13.0 Å². The third kappa shape index (κ3) is 2.34. The SMILES string of the molecule is CCn1cc(N)cc1C(=O)OCc1ncnn1C. The van der Waals surface area contributed by atoms with E-state index in [1.807, 2.05) is 6.92 Å². The lowest BCUT2D eigenvalue weighted by molar-refractivity contribution is 0.0445. The zero-order valence-electron chi connectivity index (χ0n) is 10.3. The van der Waals surface area contributed by atoms with Crippen LogP contribution in [0.15, 0.2) is 18.6 Å². The Balaban J connectivity index is 2.06. The van der Waals surface area contributed by atoms with Crippen molar-refractivity contribution >= 4 is 11.7 Å². The Kier molecular flexibility index (Phi) is 3.31. The van der Waals surface area contributed by atoms with E-state index in [0.717, 1.165) is 0 Å². The van der Waals surface area contributed by atoms with Gasteiger partial charge in [0.2, 0.25) is 0 Å². The lowest BCUT2D eigenvalue weighted by atomic mass is 10.4. The fraction of sp³-hybridized carbons (Fsp3) is 0.364. The Labute approximate surface area is 104 Å². The molecule has 2 N–H and O–H groups in total. The smallest absolute Gasteiger partial charge is 0.355 e. The first-order valence-electron chi connectivity index (χ1n) is 5.57. The van der Waals surface area contributed by atoms with Crippen LogP contribution in [0.5, 0.6) is 0 Å². The minimum atomic E-state index is -0.420. The summed E-state index contributed by atoms with van der Waals surface area (Å²) in [7, 11) is 1.74. The lowest BCUT2D eigenvalue weighted by Crippen LogP contribution is -2.12. The van der Waals surface area contributed by atoms with Crippen molar-refractivity contribution in [2.75, 3.05) is 5.73 Å². The van der Waals surface area contributed by atoms with Crippen LogP contribution < -0.4 is 5.73 Å². The monoisotopic (exact) mass is 249 g/mol. The molecule has 7 nitrogen and oxygen atoms in total. The molecule has 7 heteroatoms. The Morgan fingerprint density at radius 3 is 2.94 bits per heavy atom. The number of nitrogens with two attached hydrogens (primary N) is 1. The molecule has 2 aromatic rings. The summed E-state index contributed by atoms with van der Waals surface area (Å²) in [5, 5.41) is 3.89. The molecule has 0 aliphatic heterocycles. The van der Waals surface area contributed by atoms with Crippen LogP contribution in [0, 0.1) is 0 Å². The minimum absolute atomic E-state index is 0.0874. The zero-order chi connectivity index (χ0) is 13.1. The second kappa shape index (κ2) is 4.91. The predicted octanol–water partition coefficient (Wildman–Crippen LogP) is 0.576. The molecular formula is C11H15N5O2. The molecule has 18 heavy (non-hydrogen) atoms. The van der Waals surface area contributed by atoms with Crippen LogP contribution in [-0.2, 0) is 24.9 Å². The lowest BCUT2D eigenvalue weighted by Gasteiger charge is -2.06. The number of hydrogen-bond donors (Lipinski definition) is 1. The molecule has 0 aromatic carbocycles. The highest BCUT2D eigenvalue weighted by Gasteiger charge is 2.14. The van der Waals surface area contributed by atoms with Crippen LogP contribution in [0.4, 0.5) is 5.69 Å². The van der Waals surface area contributed by atoms with Gasteiger partial charge in [0.05, 0.1) is 5.69 Å². The molecule has 2 heterocycles. The highest BCUT2D eigenvalue weighted by atomic mass is 16.5. The van der Waals surface area contributed by atoms with Gasteiger partial charge in [0.25, 0.3) is 0 Å². The van der Waals surface area contributed by atoms with Crippen molar-refractivity contribution in [2.24, 2.45) is 7.05 Å². The van der Waals surface area contributed by atoms with Crippen molar-refractivity contribution in [2.45, 2.75) is 20.1 Å². The van der Waals surface area contributed by atoms with E-state index in [-0.39, 0.29) is 6.61 Å². The van der Waals surface area contributed by atoms with Gasteiger partial charge in [0.1, 0.15) is 12.0 Å². The molecule has 0 aliphatic carbocycles. The molecule has 0 atom stereocenters. The van der Waals surface area contributed by atoms with E-state index in [4.69, 9.17) is 10.5 Å². The van der Waals surface area contributed by atoms with Crippen molar-refractivity contribution in [1.82, 2.24) is 19.3 Å². The van der Waals surface area contributed by atoms with E-state index in [2.05, 4.69) is 10.1 Å². The van der Waals surface area contributed by atoms with Crippen LogP contribution in [0.25, 0.3) is 0 Å². The van der Waals surface area contributed by atoms with Crippen LogP contribution in [0.1, 0.15) is 23.2 Å². The molecular weight excluding hydrogens is 234 g/mol. The second-order valence-electron chi connectivity index (χ2n) is 3.82. The van der Waals surface area contributed by atoms with Crippen LogP contribution in [-0.4, -0.2) is 25.3 Å². The molecule has 2 aromatic heterocycles. The third-order valence-electron chi connectivity index (χ3n) is 2.61. The maximum Gasteiger partial charge on any atom is 0.355 e. The largest absolute Gasteiger partial charge is 0.453 e. The highest BCUT2D eigenvalue weighted by Crippen LogP contribution is 2.12. The molecule has 0 aliphatic rings. The van der Waals surface area contributed by atoms with Crippen molar-refractivity contribution in [3.05, 3.63) is 30.1 Å². The van der Waals surface area contributed by atoms with Gasteiger partial charge >= 0.3 is 5.97 Å². The number of aryl methyl sites for hydroxylation is 2. The molecule has 96 valence electrons. The predicted molar refractivity (Wildman–Crippen MR) is 64.6 cm³/mol. The number of aromatic nitrogens is 4. The topological polar surface area (TPSA) is 88.0 Å². The first-order valence-corrected chi connectivity index (χ1v) is 5.57. The molecule has 0 amide bonds. The first kappa shape index (κ1) is 12.2. The van der Waals surface area contributed by atoms with E-state index < -0.39 is 5.97 Å². The normalized spacial score (nSPS) is 10.6.